The molecular weight excluding hydrogens is 556 g/mol. The predicted molar refractivity (Wildman–Crippen MR) is 183 cm³/mol. The number of nitrogens with one attached hydrogen (secondary N) is 2. The molecule has 0 aliphatic carbocycles. The topological polar surface area (TPSA) is 84.0 Å². The molecule has 4 aromatic carbocycles. The van der Waals surface area contributed by atoms with Crippen LogP contribution in [0, 0.1) is 27.7 Å². The number of aromatic nitrogens is 2. The number of pyridine rings is 2. The van der Waals surface area contributed by atoms with E-state index in [1.807, 2.05) is 67.6 Å². The van der Waals surface area contributed by atoms with Gasteiger partial charge in [0.1, 0.15) is 0 Å². The van der Waals surface area contributed by atoms with Crippen LogP contribution in [0.2, 0.25) is 0 Å². The van der Waals surface area contributed by atoms with Crippen LogP contribution < -0.4 is 10.6 Å². The number of hydrogen-bond donors (Lipinski definition) is 2. The second-order valence-electron chi connectivity index (χ2n) is 11.9. The molecule has 2 aromatic heterocycles. The van der Waals surface area contributed by atoms with Crippen LogP contribution in [0.15, 0.2) is 97.1 Å². The molecule has 2 heterocycles. The van der Waals surface area contributed by atoms with Crippen molar-refractivity contribution in [2.24, 2.45) is 0 Å². The summed E-state index contributed by atoms with van der Waals surface area (Å²) in [7, 11) is 0. The van der Waals surface area contributed by atoms with Crippen molar-refractivity contribution in [1.82, 2.24) is 20.6 Å². The summed E-state index contributed by atoms with van der Waals surface area (Å²) in [6, 6.07) is 31.2. The average Bonchev–Trinajstić information content (AvgIpc) is 3.02. The van der Waals surface area contributed by atoms with E-state index in [4.69, 9.17) is 9.97 Å². The van der Waals surface area contributed by atoms with Gasteiger partial charge >= 0.3 is 0 Å². The fraction of sp³-hybridized carbons (Fsp3) is 0.179. The Morgan fingerprint density at radius 3 is 1.58 bits per heavy atom. The number of aryl methyl sites for hydroxylation is 4. The fourth-order valence-electron chi connectivity index (χ4n) is 5.90. The highest BCUT2D eigenvalue weighted by Crippen LogP contribution is 2.29. The fourth-order valence-corrected chi connectivity index (χ4v) is 5.90. The van der Waals surface area contributed by atoms with E-state index in [1.54, 1.807) is 0 Å². The third-order valence-corrected chi connectivity index (χ3v) is 8.18. The van der Waals surface area contributed by atoms with Crippen LogP contribution >= 0.6 is 0 Å². The van der Waals surface area contributed by atoms with E-state index in [2.05, 4.69) is 74.7 Å². The Labute approximate surface area is 263 Å². The molecule has 0 fully saturated rings. The van der Waals surface area contributed by atoms with Gasteiger partial charge in [-0.05, 0) is 70.0 Å². The Bertz CT molecular complexity index is 2100. The van der Waals surface area contributed by atoms with Gasteiger partial charge in [-0.1, -0.05) is 83.9 Å². The van der Waals surface area contributed by atoms with Gasteiger partial charge in [-0.15, -0.1) is 0 Å². The summed E-state index contributed by atoms with van der Waals surface area (Å²) in [4.78, 5) is 37.0. The zero-order chi connectivity index (χ0) is 31.7. The molecule has 0 radical (unpaired) electrons. The van der Waals surface area contributed by atoms with E-state index in [-0.39, 0.29) is 24.4 Å². The monoisotopic (exact) mass is 592 g/mol. The SMILES string of the molecule is Cc1ccc(-c2cc(C(=O)NCC(C)NC(=O)c3cc(-c4ccc(C)cc4C)nc4ccccc34)c3ccccc3n2)c(C)c1. The average molecular weight is 593 g/mol. The molecule has 224 valence electrons. The Balaban J connectivity index is 1.23. The molecule has 2 N–H and O–H groups in total. The number of benzene rings is 4. The summed E-state index contributed by atoms with van der Waals surface area (Å²) in [6.45, 7) is 10.4. The first kappa shape index (κ1) is 29.7. The highest BCUT2D eigenvalue weighted by Gasteiger charge is 2.19. The first-order chi connectivity index (χ1) is 21.7. The van der Waals surface area contributed by atoms with Crippen molar-refractivity contribution in [3.05, 3.63) is 130 Å². The lowest BCUT2D eigenvalue weighted by atomic mass is 9.99. The second kappa shape index (κ2) is 12.3. The van der Waals surface area contributed by atoms with E-state index < -0.39 is 0 Å². The summed E-state index contributed by atoms with van der Waals surface area (Å²) in [5.41, 5.74) is 10.6. The van der Waals surface area contributed by atoms with Crippen molar-refractivity contribution in [1.29, 1.82) is 0 Å². The Kier molecular flexibility index (Phi) is 8.14. The zero-order valence-electron chi connectivity index (χ0n) is 26.2. The lowest BCUT2D eigenvalue weighted by molar-refractivity contribution is 0.0914. The van der Waals surface area contributed by atoms with Gasteiger partial charge in [0.05, 0.1) is 33.5 Å². The molecule has 1 atom stereocenters. The summed E-state index contributed by atoms with van der Waals surface area (Å²) in [5, 5.41) is 7.69. The van der Waals surface area contributed by atoms with Crippen molar-refractivity contribution in [3.8, 4) is 22.5 Å². The molecule has 6 heteroatoms. The van der Waals surface area contributed by atoms with Crippen LogP contribution in [0.1, 0.15) is 49.9 Å². The minimum atomic E-state index is -0.329. The molecule has 45 heavy (non-hydrogen) atoms. The van der Waals surface area contributed by atoms with Gasteiger partial charge in [0.25, 0.3) is 11.8 Å². The van der Waals surface area contributed by atoms with E-state index in [1.165, 1.54) is 11.1 Å². The smallest absolute Gasteiger partial charge is 0.252 e. The molecule has 0 aliphatic rings. The maximum Gasteiger partial charge on any atom is 0.252 e. The molecule has 6 nitrogen and oxygen atoms in total. The van der Waals surface area contributed by atoms with E-state index >= 15 is 0 Å². The van der Waals surface area contributed by atoms with Gasteiger partial charge in [0.2, 0.25) is 0 Å². The summed E-state index contributed by atoms with van der Waals surface area (Å²) < 4.78 is 0. The standard InChI is InChI=1S/C39H36N4O2/c1-23-14-16-28(25(3)18-23)36-20-32(30-10-6-8-12-34(30)42-36)38(44)40-22-27(5)41-39(45)33-21-37(29-17-15-24(2)19-26(29)4)43-35-13-9-7-11-31(33)35/h6-21,27H,22H2,1-5H3,(H,40,44)(H,41,45). The van der Waals surface area contributed by atoms with Crippen LogP contribution in [-0.4, -0.2) is 34.4 Å². The minimum absolute atomic E-state index is 0.215. The van der Waals surface area contributed by atoms with Gasteiger partial charge in [-0.25, -0.2) is 9.97 Å². The van der Waals surface area contributed by atoms with Gasteiger partial charge < -0.3 is 10.6 Å². The van der Waals surface area contributed by atoms with Crippen molar-refractivity contribution >= 4 is 33.6 Å². The van der Waals surface area contributed by atoms with Crippen LogP contribution in [0.3, 0.4) is 0 Å². The van der Waals surface area contributed by atoms with Crippen molar-refractivity contribution in [2.75, 3.05) is 6.54 Å². The van der Waals surface area contributed by atoms with Crippen LogP contribution in [-0.2, 0) is 0 Å². The molecule has 2 amide bonds. The lowest BCUT2D eigenvalue weighted by Gasteiger charge is -2.17. The Hall–Kier alpha value is -5.36. The first-order valence-corrected chi connectivity index (χ1v) is 15.2. The number of para-hydroxylation sites is 2. The van der Waals surface area contributed by atoms with E-state index in [9.17, 15) is 9.59 Å². The van der Waals surface area contributed by atoms with E-state index in [0.717, 1.165) is 55.4 Å². The molecule has 0 spiro atoms. The molecule has 6 aromatic rings. The number of amides is 2. The largest absolute Gasteiger partial charge is 0.350 e. The maximum absolute atomic E-state index is 13.7. The third-order valence-electron chi connectivity index (χ3n) is 8.18. The van der Waals surface area contributed by atoms with Gasteiger partial charge in [-0.3, -0.25) is 9.59 Å². The molecule has 0 bridgehead atoms. The molecule has 0 saturated carbocycles. The maximum atomic E-state index is 13.7. The minimum Gasteiger partial charge on any atom is -0.350 e. The summed E-state index contributed by atoms with van der Waals surface area (Å²) in [6.07, 6.45) is 0. The number of carbonyl (C=O) groups excluding carboxylic acids is 2. The third kappa shape index (κ3) is 6.18. The van der Waals surface area contributed by atoms with Gasteiger partial charge in [0.15, 0.2) is 0 Å². The zero-order valence-corrected chi connectivity index (χ0v) is 26.2. The molecule has 1 unspecified atom stereocenters. The quantitative estimate of drug-likeness (QED) is 0.197. The molecule has 0 aliphatic heterocycles. The number of hydrogen-bond acceptors (Lipinski definition) is 4. The Morgan fingerprint density at radius 1 is 0.622 bits per heavy atom. The van der Waals surface area contributed by atoms with Crippen molar-refractivity contribution < 1.29 is 9.59 Å². The number of carbonyl (C=O) groups is 2. The lowest BCUT2D eigenvalue weighted by Crippen LogP contribution is -2.42. The Morgan fingerprint density at radius 2 is 1.09 bits per heavy atom. The van der Waals surface area contributed by atoms with Crippen LogP contribution in [0.5, 0.6) is 0 Å². The second-order valence-corrected chi connectivity index (χ2v) is 11.9. The van der Waals surface area contributed by atoms with Crippen molar-refractivity contribution in [3.63, 3.8) is 0 Å². The molecule has 6 rings (SSSR count). The highest BCUT2D eigenvalue weighted by molar-refractivity contribution is 6.08. The predicted octanol–water partition coefficient (Wildman–Crippen LogP) is 7.90. The van der Waals surface area contributed by atoms with Crippen molar-refractivity contribution in [2.45, 2.75) is 40.7 Å². The normalized spacial score (nSPS) is 11.8. The molecule has 0 saturated heterocycles. The summed E-state index contributed by atoms with van der Waals surface area (Å²) in [5.74, 6) is -0.430. The van der Waals surface area contributed by atoms with E-state index in [0.29, 0.717) is 11.1 Å². The molecular formula is C39H36N4O2. The number of fused-ring (bicyclic) bond motifs is 2. The van der Waals surface area contributed by atoms with Gasteiger partial charge in [-0.2, -0.15) is 0 Å². The van der Waals surface area contributed by atoms with Crippen LogP contribution in [0.4, 0.5) is 0 Å². The number of rotatable bonds is 7. The first-order valence-electron chi connectivity index (χ1n) is 15.2. The van der Waals surface area contributed by atoms with Crippen LogP contribution in [0.25, 0.3) is 44.3 Å². The van der Waals surface area contributed by atoms with Gasteiger partial charge in [0, 0.05) is 34.5 Å². The summed E-state index contributed by atoms with van der Waals surface area (Å²) >= 11 is 0. The highest BCUT2D eigenvalue weighted by atomic mass is 16.2. The number of nitrogens with zero attached hydrogens (tertiary/aromatic N) is 2.